The topological polar surface area (TPSA) is 55.0 Å². The highest BCUT2D eigenvalue weighted by Gasteiger charge is 2.05. The molecular formula is C14H18N4. The number of nitrogens with two attached hydrogens (primary N) is 1. The number of hydrogen-bond acceptors (Lipinski definition) is 4. The molecule has 0 atom stereocenters. The van der Waals surface area contributed by atoms with E-state index in [0.717, 1.165) is 19.6 Å². The van der Waals surface area contributed by atoms with Crippen molar-refractivity contribution in [2.45, 2.75) is 20.0 Å². The van der Waals surface area contributed by atoms with Gasteiger partial charge < -0.3 is 5.73 Å². The Labute approximate surface area is 107 Å². The Balaban J connectivity index is 2.01. The zero-order valence-corrected chi connectivity index (χ0v) is 10.6. The largest absolute Gasteiger partial charge is 0.384 e. The highest BCUT2D eigenvalue weighted by atomic mass is 15.1. The van der Waals surface area contributed by atoms with Crippen molar-refractivity contribution in [1.29, 1.82) is 0 Å². The molecule has 2 rings (SSSR count). The van der Waals surface area contributed by atoms with Gasteiger partial charge in [-0.1, -0.05) is 6.92 Å². The van der Waals surface area contributed by atoms with Crippen LogP contribution in [0.3, 0.4) is 0 Å². The molecule has 4 heteroatoms. The lowest BCUT2D eigenvalue weighted by Crippen LogP contribution is -2.22. The Bertz CT molecular complexity index is 484. The molecule has 0 aromatic carbocycles. The minimum absolute atomic E-state index is 0.576. The van der Waals surface area contributed by atoms with Gasteiger partial charge >= 0.3 is 0 Å². The van der Waals surface area contributed by atoms with Crippen molar-refractivity contribution < 1.29 is 0 Å². The first kappa shape index (κ1) is 12.5. The van der Waals surface area contributed by atoms with Gasteiger partial charge in [-0.15, -0.1) is 0 Å². The molecule has 0 spiro atoms. The summed E-state index contributed by atoms with van der Waals surface area (Å²) in [4.78, 5) is 10.4. The van der Waals surface area contributed by atoms with Crippen molar-refractivity contribution in [1.82, 2.24) is 14.9 Å². The van der Waals surface area contributed by atoms with Gasteiger partial charge in [0.05, 0.1) is 0 Å². The first-order chi connectivity index (χ1) is 8.78. The van der Waals surface area contributed by atoms with Crippen molar-refractivity contribution >= 4 is 5.82 Å². The summed E-state index contributed by atoms with van der Waals surface area (Å²) >= 11 is 0. The Kier molecular flexibility index (Phi) is 4.25. The van der Waals surface area contributed by atoms with E-state index in [1.807, 2.05) is 36.7 Å². The van der Waals surface area contributed by atoms with Crippen LogP contribution in [-0.4, -0.2) is 21.4 Å². The van der Waals surface area contributed by atoms with E-state index < -0.39 is 0 Å². The lowest BCUT2D eigenvalue weighted by atomic mass is 10.2. The molecule has 2 N–H and O–H groups in total. The Morgan fingerprint density at radius 3 is 2.39 bits per heavy atom. The average Bonchev–Trinajstić information content (AvgIpc) is 2.39. The molecule has 0 aliphatic carbocycles. The molecule has 94 valence electrons. The third kappa shape index (κ3) is 3.53. The van der Waals surface area contributed by atoms with Crippen LogP contribution in [-0.2, 0) is 13.1 Å². The van der Waals surface area contributed by atoms with E-state index in [0.29, 0.717) is 5.82 Å². The summed E-state index contributed by atoms with van der Waals surface area (Å²) in [5.41, 5.74) is 8.16. The number of nitrogens with zero attached hydrogens (tertiary/aromatic N) is 3. The highest BCUT2D eigenvalue weighted by Crippen LogP contribution is 2.10. The fraction of sp³-hybridized carbons (Fsp3) is 0.286. The van der Waals surface area contributed by atoms with Crippen molar-refractivity contribution in [2.75, 3.05) is 12.3 Å². The first-order valence-corrected chi connectivity index (χ1v) is 6.09. The molecule has 2 aromatic heterocycles. The molecule has 0 aliphatic rings. The predicted molar refractivity (Wildman–Crippen MR) is 72.7 cm³/mol. The van der Waals surface area contributed by atoms with E-state index >= 15 is 0 Å². The van der Waals surface area contributed by atoms with E-state index in [-0.39, 0.29) is 0 Å². The zero-order valence-electron chi connectivity index (χ0n) is 10.6. The fourth-order valence-corrected chi connectivity index (χ4v) is 1.88. The van der Waals surface area contributed by atoms with Gasteiger partial charge in [0, 0.05) is 31.7 Å². The lowest BCUT2D eigenvalue weighted by molar-refractivity contribution is 0.271. The molecule has 2 heterocycles. The van der Waals surface area contributed by atoms with Crippen LogP contribution in [0.2, 0.25) is 0 Å². The molecule has 0 saturated heterocycles. The van der Waals surface area contributed by atoms with E-state index in [4.69, 9.17) is 5.73 Å². The average molecular weight is 242 g/mol. The Morgan fingerprint density at radius 2 is 1.72 bits per heavy atom. The summed E-state index contributed by atoms with van der Waals surface area (Å²) in [7, 11) is 0. The SMILES string of the molecule is CCN(Cc1ccncc1)Cc1ccnc(N)c1. The van der Waals surface area contributed by atoms with Crippen LogP contribution < -0.4 is 5.73 Å². The van der Waals surface area contributed by atoms with Gasteiger partial charge in [0.2, 0.25) is 0 Å². The maximum Gasteiger partial charge on any atom is 0.123 e. The number of aromatic nitrogens is 2. The van der Waals surface area contributed by atoms with Crippen LogP contribution in [0.5, 0.6) is 0 Å². The number of rotatable bonds is 5. The molecule has 0 saturated carbocycles. The third-order valence-corrected chi connectivity index (χ3v) is 2.85. The fourth-order valence-electron chi connectivity index (χ4n) is 1.88. The van der Waals surface area contributed by atoms with Crippen molar-refractivity contribution in [3.05, 3.63) is 54.0 Å². The van der Waals surface area contributed by atoms with Gasteiger partial charge in [-0.05, 0) is 41.9 Å². The lowest BCUT2D eigenvalue weighted by Gasteiger charge is -2.20. The van der Waals surface area contributed by atoms with Crippen LogP contribution in [0.1, 0.15) is 18.1 Å². The van der Waals surface area contributed by atoms with Gasteiger partial charge in [-0.3, -0.25) is 9.88 Å². The molecule has 0 fully saturated rings. The first-order valence-electron chi connectivity index (χ1n) is 6.09. The van der Waals surface area contributed by atoms with Gasteiger partial charge in [0.15, 0.2) is 0 Å². The van der Waals surface area contributed by atoms with Crippen molar-refractivity contribution in [3.63, 3.8) is 0 Å². The van der Waals surface area contributed by atoms with E-state index in [2.05, 4.69) is 21.8 Å². The third-order valence-electron chi connectivity index (χ3n) is 2.85. The number of pyridine rings is 2. The van der Waals surface area contributed by atoms with E-state index in [1.165, 1.54) is 11.1 Å². The minimum Gasteiger partial charge on any atom is -0.384 e. The molecule has 4 nitrogen and oxygen atoms in total. The smallest absolute Gasteiger partial charge is 0.123 e. The second-order valence-electron chi connectivity index (χ2n) is 4.25. The van der Waals surface area contributed by atoms with E-state index in [1.54, 1.807) is 6.20 Å². The number of hydrogen-bond donors (Lipinski definition) is 1. The van der Waals surface area contributed by atoms with Crippen LogP contribution in [0.25, 0.3) is 0 Å². The predicted octanol–water partition coefficient (Wildman–Crippen LogP) is 2.08. The summed E-state index contributed by atoms with van der Waals surface area (Å²) in [5.74, 6) is 0.576. The summed E-state index contributed by atoms with van der Waals surface area (Å²) in [6.45, 7) is 4.95. The summed E-state index contributed by atoms with van der Waals surface area (Å²) in [5, 5.41) is 0. The van der Waals surface area contributed by atoms with Crippen molar-refractivity contribution in [3.8, 4) is 0 Å². The van der Waals surface area contributed by atoms with Crippen LogP contribution in [0.15, 0.2) is 42.9 Å². The molecule has 0 bridgehead atoms. The monoisotopic (exact) mass is 242 g/mol. The summed E-state index contributed by atoms with van der Waals surface area (Å²) in [6.07, 6.45) is 5.41. The van der Waals surface area contributed by atoms with Crippen LogP contribution in [0, 0.1) is 0 Å². The van der Waals surface area contributed by atoms with Crippen LogP contribution in [0.4, 0.5) is 5.82 Å². The summed E-state index contributed by atoms with van der Waals surface area (Å²) in [6, 6.07) is 8.02. The van der Waals surface area contributed by atoms with Gasteiger partial charge in [0.25, 0.3) is 0 Å². The molecule has 18 heavy (non-hydrogen) atoms. The maximum absolute atomic E-state index is 5.69. The van der Waals surface area contributed by atoms with Gasteiger partial charge in [-0.2, -0.15) is 0 Å². The zero-order chi connectivity index (χ0) is 12.8. The second kappa shape index (κ2) is 6.12. The number of anilines is 1. The molecule has 0 radical (unpaired) electrons. The quantitative estimate of drug-likeness (QED) is 0.872. The standard InChI is InChI=1S/C14H18N4/c1-2-18(10-12-3-6-16-7-4-12)11-13-5-8-17-14(15)9-13/h3-9H,2,10-11H2,1H3,(H2,15,17). The minimum atomic E-state index is 0.576. The number of nitrogen functional groups attached to an aromatic ring is 1. The molecule has 0 aliphatic heterocycles. The van der Waals surface area contributed by atoms with Gasteiger partial charge in [0.1, 0.15) is 5.82 Å². The maximum atomic E-state index is 5.69. The summed E-state index contributed by atoms with van der Waals surface area (Å²) < 4.78 is 0. The second-order valence-corrected chi connectivity index (χ2v) is 4.25. The van der Waals surface area contributed by atoms with Gasteiger partial charge in [-0.25, -0.2) is 4.98 Å². The Hall–Kier alpha value is -1.94. The molecule has 2 aromatic rings. The van der Waals surface area contributed by atoms with E-state index in [9.17, 15) is 0 Å². The van der Waals surface area contributed by atoms with Crippen LogP contribution >= 0.6 is 0 Å². The molecule has 0 unspecified atom stereocenters. The van der Waals surface area contributed by atoms with Crippen molar-refractivity contribution in [2.24, 2.45) is 0 Å². The normalized spacial score (nSPS) is 10.8. The highest BCUT2D eigenvalue weighted by molar-refractivity contribution is 5.31. The molecule has 0 amide bonds. The Morgan fingerprint density at radius 1 is 1.06 bits per heavy atom. The molecular weight excluding hydrogens is 224 g/mol.